The van der Waals surface area contributed by atoms with Crippen molar-refractivity contribution in [2.45, 2.75) is 37.9 Å². The number of nitrogens with one attached hydrogen (secondary N) is 1. The van der Waals surface area contributed by atoms with Crippen molar-refractivity contribution in [2.75, 3.05) is 30.9 Å². The second-order valence-electron chi connectivity index (χ2n) is 10.5. The number of benzene rings is 2. The van der Waals surface area contributed by atoms with Gasteiger partial charge in [-0.3, -0.25) is 4.79 Å². The molecule has 1 aromatic heterocycles. The van der Waals surface area contributed by atoms with Crippen LogP contribution < -0.4 is 16.2 Å². The second-order valence-corrected chi connectivity index (χ2v) is 10.5. The minimum Gasteiger partial charge on any atom is -0.383 e. The van der Waals surface area contributed by atoms with Crippen LogP contribution in [0.1, 0.15) is 42.0 Å². The van der Waals surface area contributed by atoms with Crippen LogP contribution in [0.3, 0.4) is 0 Å². The molecule has 5 rings (SSSR count). The summed E-state index contributed by atoms with van der Waals surface area (Å²) in [6, 6.07) is 17.1. The Kier molecular flexibility index (Phi) is 7.14. The second kappa shape index (κ2) is 10.5. The zero-order chi connectivity index (χ0) is 27.7. The topological polar surface area (TPSA) is 77.7 Å². The van der Waals surface area contributed by atoms with E-state index in [2.05, 4.69) is 59.8 Å². The zero-order valence-electron chi connectivity index (χ0n) is 22.5. The van der Waals surface area contributed by atoms with E-state index in [1.807, 2.05) is 29.0 Å². The third-order valence-electron chi connectivity index (χ3n) is 7.91. The first-order valence-corrected chi connectivity index (χ1v) is 13.2. The van der Waals surface area contributed by atoms with Gasteiger partial charge in [-0.25, -0.2) is 14.8 Å². The molecule has 3 aromatic rings. The molecule has 39 heavy (non-hydrogen) atoms. The summed E-state index contributed by atoms with van der Waals surface area (Å²) in [6.07, 6.45) is 4.97. The normalized spacial score (nSPS) is 20.4. The van der Waals surface area contributed by atoms with Gasteiger partial charge in [0.25, 0.3) is 0 Å². The molecule has 202 valence electrons. The molecule has 1 amide bonds. The summed E-state index contributed by atoms with van der Waals surface area (Å²) in [5, 5.41) is 2.16. The monoisotopic (exact) mass is 526 g/mol. The highest BCUT2D eigenvalue weighted by Crippen LogP contribution is 2.45. The van der Waals surface area contributed by atoms with Crippen molar-refractivity contribution in [1.82, 2.24) is 20.2 Å². The molecule has 3 heterocycles. The number of nitrogens with two attached hydrogens (primary N) is 1. The number of hydrogen-bond acceptors (Lipinski definition) is 6. The number of rotatable bonds is 7. The van der Waals surface area contributed by atoms with E-state index in [4.69, 9.17) is 5.73 Å². The van der Waals surface area contributed by atoms with Crippen LogP contribution in [0.25, 0.3) is 5.70 Å². The maximum Gasteiger partial charge on any atom is 0.246 e. The van der Waals surface area contributed by atoms with Gasteiger partial charge in [-0.1, -0.05) is 49.6 Å². The molecule has 7 nitrogen and oxygen atoms in total. The van der Waals surface area contributed by atoms with Crippen LogP contribution in [0.4, 0.5) is 15.9 Å². The van der Waals surface area contributed by atoms with Gasteiger partial charge >= 0.3 is 0 Å². The number of halogens is 1. The predicted molar refractivity (Wildman–Crippen MR) is 154 cm³/mol. The molecule has 2 aromatic carbocycles. The molecule has 1 saturated heterocycles. The highest BCUT2D eigenvalue weighted by molar-refractivity contribution is 5.87. The van der Waals surface area contributed by atoms with E-state index in [1.54, 1.807) is 18.3 Å². The van der Waals surface area contributed by atoms with Crippen LogP contribution in [-0.4, -0.2) is 46.9 Å². The summed E-state index contributed by atoms with van der Waals surface area (Å²) >= 11 is 0. The average molecular weight is 527 g/mol. The number of aromatic nitrogens is 1. The summed E-state index contributed by atoms with van der Waals surface area (Å²) in [5.74, 6) is 0.147. The van der Waals surface area contributed by atoms with E-state index >= 15 is 0 Å². The molecular formula is C31H35FN6O. The fourth-order valence-electron chi connectivity index (χ4n) is 5.74. The van der Waals surface area contributed by atoms with Gasteiger partial charge in [-0.15, -0.1) is 0 Å². The number of hydrogen-bond donors (Lipinski definition) is 2. The van der Waals surface area contributed by atoms with Gasteiger partial charge < -0.3 is 20.5 Å². The van der Waals surface area contributed by atoms with Crippen molar-refractivity contribution >= 4 is 23.1 Å². The fraction of sp³-hybridized carbons (Fsp3) is 0.290. The molecular weight excluding hydrogens is 491 g/mol. The first kappa shape index (κ1) is 26.4. The largest absolute Gasteiger partial charge is 0.383 e. The average Bonchev–Trinajstić information content (AvgIpc) is 3.27. The minimum absolute atomic E-state index is 0.0469. The first-order chi connectivity index (χ1) is 18.7. The lowest BCUT2D eigenvalue weighted by molar-refractivity contribution is -0.127. The van der Waals surface area contributed by atoms with E-state index < -0.39 is 5.54 Å². The summed E-state index contributed by atoms with van der Waals surface area (Å²) in [4.78, 5) is 20.5. The lowest BCUT2D eigenvalue weighted by atomic mass is 9.85. The lowest BCUT2D eigenvalue weighted by Gasteiger charge is -2.39. The summed E-state index contributed by atoms with van der Waals surface area (Å²) in [6.45, 7) is 11.8. The molecule has 0 radical (unpaired) electrons. The third-order valence-corrected chi connectivity index (χ3v) is 7.91. The Morgan fingerprint density at radius 2 is 2.00 bits per heavy atom. The van der Waals surface area contributed by atoms with E-state index in [9.17, 15) is 9.18 Å². The number of piperidine rings is 1. The summed E-state index contributed by atoms with van der Waals surface area (Å²) in [7, 11) is 1.91. The number of likely N-dealkylation sites (tertiary alicyclic amines) is 1. The Morgan fingerprint density at radius 3 is 2.72 bits per heavy atom. The van der Waals surface area contributed by atoms with Crippen LogP contribution in [0.15, 0.2) is 80.0 Å². The van der Waals surface area contributed by atoms with Gasteiger partial charge in [0.2, 0.25) is 5.91 Å². The molecule has 3 N–H and O–H groups in total. The van der Waals surface area contributed by atoms with Crippen LogP contribution in [-0.2, 0) is 16.9 Å². The molecule has 8 heteroatoms. The highest BCUT2D eigenvalue weighted by Gasteiger charge is 2.45. The summed E-state index contributed by atoms with van der Waals surface area (Å²) in [5.41, 5.74) is 14.7. The SMILES string of the molecule is C=CC(=O)N1CCCC(N2NC(C)(c3ccc(CN(C)C(=C)c4ccccc4F)cc3)c3c2ccnc3N)C1. The molecule has 0 aliphatic carbocycles. The van der Waals surface area contributed by atoms with Gasteiger partial charge in [0.15, 0.2) is 0 Å². The Labute approximate surface area is 229 Å². The van der Waals surface area contributed by atoms with Crippen molar-refractivity contribution in [2.24, 2.45) is 0 Å². The number of carbonyl (C=O) groups is 1. The predicted octanol–water partition coefficient (Wildman–Crippen LogP) is 4.67. The molecule has 0 spiro atoms. The van der Waals surface area contributed by atoms with Gasteiger partial charge in [-0.05, 0) is 55.2 Å². The Hall–Kier alpha value is -4.17. The van der Waals surface area contributed by atoms with Crippen molar-refractivity contribution in [3.05, 3.63) is 108 Å². The van der Waals surface area contributed by atoms with E-state index in [1.165, 1.54) is 12.1 Å². The number of nitrogens with zero attached hydrogens (tertiary/aromatic N) is 4. The molecule has 2 unspecified atom stereocenters. The molecule has 1 fully saturated rings. The quantitative estimate of drug-likeness (QED) is 0.436. The Balaban J connectivity index is 1.38. The number of carbonyl (C=O) groups excluding carboxylic acids is 1. The van der Waals surface area contributed by atoms with Gasteiger partial charge in [-0.2, -0.15) is 0 Å². The number of hydrazine groups is 1. The van der Waals surface area contributed by atoms with Gasteiger partial charge in [0, 0.05) is 49.7 Å². The van der Waals surface area contributed by atoms with Crippen molar-refractivity contribution in [3.8, 4) is 0 Å². The van der Waals surface area contributed by atoms with E-state index in [0.717, 1.165) is 41.8 Å². The standard InChI is InChI=1S/C31H35FN6O/c1-5-28(39)37-18-8-9-24(20-37)38-27-16-17-34-30(33)29(27)31(3,35-38)23-14-12-22(13-15-23)19-36(4)21(2)25-10-6-7-11-26(25)32/h5-7,10-17,24,35H,1-2,8-9,18-20H2,3-4H3,(H2,33,34). The number of amides is 1. The highest BCUT2D eigenvalue weighted by atomic mass is 19.1. The van der Waals surface area contributed by atoms with Crippen molar-refractivity contribution in [3.63, 3.8) is 0 Å². The molecule has 2 atom stereocenters. The van der Waals surface area contributed by atoms with Gasteiger partial charge in [0.1, 0.15) is 11.6 Å². The van der Waals surface area contributed by atoms with Crippen LogP contribution in [0.5, 0.6) is 0 Å². The maximum atomic E-state index is 14.3. The number of fused-ring (bicyclic) bond motifs is 1. The van der Waals surface area contributed by atoms with Crippen molar-refractivity contribution in [1.29, 1.82) is 0 Å². The van der Waals surface area contributed by atoms with E-state index in [-0.39, 0.29) is 17.8 Å². The Morgan fingerprint density at radius 1 is 1.26 bits per heavy atom. The third kappa shape index (κ3) is 4.88. The Bertz CT molecular complexity index is 1410. The molecule has 0 saturated carbocycles. The number of pyridine rings is 1. The maximum absolute atomic E-state index is 14.3. The smallest absolute Gasteiger partial charge is 0.246 e. The van der Waals surface area contributed by atoms with E-state index in [0.29, 0.717) is 30.2 Å². The molecule has 0 bridgehead atoms. The lowest BCUT2D eigenvalue weighted by Crippen LogP contribution is -2.55. The van der Waals surface area contributed by atoms with Crippen LogP contribution in [0, 0.1) is 5.82 Å². The van der Waals surface area contributed by atoms with Gasteiger partial charge in [0.05, 0.1) is 17.3 Å². The first-order valence-electron chi connectivity index (χ1n) is 13.2. The zero-order valence-corrected chi connectivity index (χ0v) is 22.5. The molecule has 2 aliphatic rings. The van der Waals surface area contributed by atoms with Crippen LogP contribution in [0.2, 0.25) is 0 Å². The van der Waals surface area contributed by atoms with Crippen molar-refractivity contribution < 1.29 is 9.18 Å². The minimum atomic E-state index is -0.612. The summed E-state index contributed by atoms with van der Waals surface area (Å²) < 4.78 is 14.3. The number of anilines is 2. The molecule has 2 aliphatic heterocycles. The fourth-order valence-corrected chi connectivity index (χ4v) is 5.74. The number of nitrogen functional groups attached to an aromatic ring is 1. The van der Waals surface area contributed by atoms with Crippen LogP contribution >= 0.6 is 0 Å².